The van der Waals surface area contributed by atoms with E-state index in [4.69, 9.17) is 2.74 Å². The van der Waals surface area contributed by atoms with Gasteiger partial charge in [0.25, 0.3) is 0 Å². The van der Waals surface area contributed by atoms with Crippen molar-refractivity contribution in [3.63, 3.8) is 0 Å². The largest absolute Gasteiger partial charge is 0.229 e. The van der Waals surface area contributed by atoms with Crippen LogP contribution in [0.3, 0.4) is 0 Å². The molecule has 0 aliphatic heterocycles. The molecule has 3 heteroatoms. The van der Waals surface area contributed by atoms with E-state index >= 15 is 0 Å². The zero-order chi connectivity index (χ0) is 13.4. The first-order chi connectivity index (χ1) is 6.78. The van der Waals surface area contributed by atoms with Gasteiger partial charge in [0.15, 0.2) is 0 Å². The zero-order valence-electron chi connectivity index (χ0n) is 12.1. The number of rotatable bonds is 2. The molecule has 0 N–H and O–H groups in total. The van der Waals surface area contributed by atoms with E-state index in [0.717, 1.165) is 0 Å². The van der Waals surface area contributed by atoms with Gasteiger partial charge in [-0.2, -0.15) is 0 Å². The van der Waals surface area contributed by atoms with Crippen LogP contribution in [0.25, 0.3) is 0 Å². The minimum absolute atomic E-state index is 0.0665. The Balaban J connectivity index is 5.15. The molecule has 86 valence electrons. The van der Waals surface area contributed by atoms with Gasteiger partial charge in [0.2, 0.25) is 0 Å². The maximum atomic E-state index is 11.7. The highest BCUT2D eigenvalue weighted by atomic mass is 32.2. The van der Waals surface area contributed by atoms with Crippen molar-refractivity contribution in [3.05, 3.63) is 0 Å². The molecule has 0 aliphatic carbocycles. The molecule has 0 atom stereocenters. The molecule has 0 saturated carbocycles. The molecule has 0 unspecified atom stereocenters. The molecule has 14 heavy (non-hydrogen) atoms. The summed E-state index contributed by atoms with van der Waals surface area (Å²) in [4.78, 5) is 0. The summed E-state index contributed by atoms with van der Waals surface area (Å²) >= 11 is 0. The van der Waals surface area contributed by atoms with E-state index in [-0.39, 0.29) is 22.5 Å². The van der Waals surface area contributed by atoms with Crippen LogP contribution in [0.4, 0.5) is 0 Å². The van der Waals surface area contributed by atoms with Crippen LogP contribution in [-0.4, -0.2) is 20.4 Å². The van der Waals surface area contributed by atoms with Crippen LogP contribution in [0.2, 0.25) is 0 Å². The van der Waals surface area contributed by atoms with Crippen molar-refractivity contribution >= 4 is 9.84 Å². The van der Waals surface area contributed by atoms with E-state index < -0.39 is 16.0 Å². The third-order valence-corrected chi connectivity index (χ3v) is 3.29. The van der Waals surface area contributed by atoms with Gasteiger partial charge in [-0.1, -0.05) is 41.5 Å². The van der Waals surface area contributed by atoms with Crippen LogP contribution in [0.5, 0.6) is 0 Å². The Morgan fingerprint density at radius 2 is 1.43 bits per heavy atom. The highest BCUT2D eigenvalue weighted by Gasteiger charge is 2.36. The van der Waals surface area contributed by atoms with Gasteiger partial charge in [-0.15, -0.1) is 0 Å². The summed E-state index contributed by atoms with van der Waals surface area (Å²) in [5.74, 6) is -0.152. The summed E-state index contributed by atoms with van der Waals surface area (Å²) in [5, 5.41) is 0. The van der Waals surface area contributed by atoms with Crippen molar-refractivity contribution in [2.24, 2.45) is 16.7 Å². The minimum atomic E-state index is -3.63. The second-order valence-electron chi connectivity index (χ2n) is 6.11. The lowest BCUT2D eigenvalue weighted by atomic mass is 9.68. The van der Waals surface area contributed by atoms with E-state index in [9.17, 15) is 8.42 Å². The van der Waals surface area contributed by atoms with Crippen LogP contribution in [0.15, 0.2) is 0 Å². The van der Waals surface area contributed by atoms with Crippen LogP contribution < -0.4 is 0 Å². The zero-order valence-corrected chi connectivity index (χ0v) is 10.9. The van der Waals surface area contributed by atoms with Gasteiger partial charge >= 0.3 is 0 Å². The van der Waals surface area contributed by atoms with Crippen LogP contribution >= 0.6 is 0 Å². The third kappa shape index (κ3) is 4.99. The van der Waals surface area contributed by atoms with E-state index in [0.29, 0.717) is 0 Å². The normalized spacial score (nSPS) is 17.1. The van der Waals surface area contributed by atoms with Gasteiger partial charge in [-0.25, -0.2) is 8.42 Å². The predicted octanol–water partition coefficient (Wildman–Crippen LogP) is 2.74. The highest BCUT2D eigenvalue weighted by molar-refractivity contribution is 7.90. The van der Waals surface area contributed by atoms with Gasteiger partial charge in [-0.05, 0) is 16.7 Å². The van der Waals surface area contributed by atoms with Gasteiger partial charge in [0.1, 0.15) is 9.84 Å². The summed E-state index contributed by atoms with van der Waals surface area (Å²) in [6.07, 6.45) is -1.78. The molecule has 0 bridgehead atoms. The van der Waals surface area contributed by atoms with Gasteiger partial charge in [0, 0.05) is 8.95 Å². The second-order valence-corrected chi connectivity index (χ2v) is 7.77. The molecule has 0 aromatic heterocycles. The fourth-order valence-corrected chi connectivity index (χ4v) is 3.50. The molecule has 0 heterocycles. The molecule has 0 rings (SSSR count). The molecule has 0 amide bonds. The van der Waals surface area contributed by atoms with Crippen LogP contribution in [0, 0.1) is 16.7 Å². The minimum Gasteiger partial charge on any atom is -0.229 e. The lowest BCUT2D eigenvalue weighted by Gasteiger charge is -2.40. The average Bonchev–Trinajstić information content (AvgIpc) is 1.95. The summed E-state index contributed by atoms with van der Waals surface area (Å²) in [6, 6.07) is 0. The third-order valence-electron chi connectivity index (χ3n) is 2.49. The predicted molar refractivity (Wildman–Crippen MR) is 62.1 cm³/mol. The Hall–Kier alpha value is -0.0500. The monoisotopic (exact) mass is 222 g/mol. The van der Waals surface area contributed by atoms with Crippen molar-refractivity contribution in [1.82, 2.24) is 0 Å². The Kier molecular flexibility index (Phi) is 2.87. The fourth-order valence-electron chi connectivity index (χ4n) is 2.03. The first kappa shape index (κ1) is 10.5. The summed E-state index contributed by atoms with van der Waals surface area (Å²) in [5.41, 5.74) is -0.305. The second kappa shape index (κ2) is 3.84. The molecule has 0 fully saturated rings. The maximum absolute atomic E-state index is 11.7. The van der Waals surface area contributed by atoms with Crippen LogP contribution in [0.1, 0.15) is 44.3 Å². The Bertz CT molecular complexity index is 307. The lowest BCUT2D eigenvalue weighted by molar-refractivity contribution is 0.123. The number of hydrogen-bond donors (Lipinski definition) is 0. The summed E-state index contributed by atoms with van der Waals surface area (Å²) < 4.78 is 37.4. The van der Waals surface area contributed by atoms with Gasteiger partial charge in [0.05, 0.1) is 5.75 Å². The smallest absolute Gasteiger partial charge is 0.147 e. The SMILES string of the molecule is [2H]C([2H])S(=O)(=O)CC(C(C)(C)C)C(C)(C)C. The van der Waals surface area contributed by atoms with E-state index in [1.165, 1.54) is 0 Å². The summed E-state index contributed by atoms with van der Waals surface area (Å²) in [7, 11) is -3.63. The van der Waals surface area contributed by atoms with Crippen molar-refractivity contribution in [2.45, 2.75) is 41.5 Å². The molecule has 0 aromatic rings. The number of hydrogen-bond acceptors (Lipinski definition) is 2. The van der Waals surface area contributed by atoms with Crippen LogP contribution in [-0.2, 0) is 9.84 Å². The topological polar surface area (TPSA) is 34.1 Å². The quantitative estimate of drug-likeness (QED) is 0.720. The molecule has 0 saturated heterocycles. The van der Waals surface area contributed by atoms with Crippen molar-refractivity contribution < 1.29 is 11.2 Å². The summed E-state index contributed by atoms with van der Waals surface area (Å²) in [6.45, 7) is 12.0. The first-order valence-electron chi connectivity index (χ1n) is 6.00. The Morgan fingerprint density at radius 3 is 1.64 bits per heavy atom. The molecule has 0 radical (unpaired) electrons. The lowest BCUT2D eigenvalue weighted by Crippen LogP contribution is -2.37. The molecule has 0 aliphatic rings. The van der Waals surface area contributed by atoms with E-state index in [2.05, 4.69) is 0 Å². The molecule has 0 spiro atoms. The maximum Gasteiger partial charge on any atom is 0.147 e. The first-order valence-corrected chi connectivity index (χ1v) is 6.56. The highest BCUT2D eigenvalue weighted by Crippen LogP contribution is 2.40. The molecule has 0 aromatic carbocycles. The molecular formula is C11H24O2S. The van der Waals surface area contributed by atoms with Gasteiger partial charge in [-0.3, -0.25) is 0 Å². The molecule has 2 nitrogen and oxygen atoms in total. The van der Waals surface area contributed by atoms with E-state index in [1.54, 1.807) is 0 Å². The van der Waals surface area contributed by atoms with Crippen molar-refractivity contribution in [1.29, 1.82) is 0 Å². The Morgan fingerprint density at radius 1 is 1.07 bits per heavy atom. The van der Waals surface area contributed by atoms with Gasteiger partial charge < -0.3 is 0 Å². The van der Waals surface area contributed by atoms with Crippen molar-refractivity contribution in [2.75, 3.05) is 12.0 Å². The van der Waals surface area contributed by atoms with E-state index in [1.807, 2.05) is 41.5 Å². The average molecular weight is 222 g/mol. The standard InChI is InChI=1S/C11H24O2S/c1-10(2,3)9(11(4,5)6)8-14(7,12)13/h9H,8H2,1-7H3/i7D2. The molecular weight excluding hydrogens is 196 g/mol. The Labute approximate surface area is 91.8 Å². The fraction of sp³-hybridized carbons (Fsp3) is 1.00. The number of sulfone groups is 1. The van der Waals surface area contributed by atoms with Crippen molar-refractivity contribution in [3.8, 4) is 0 Å².